The number of nitrogens with zero attached hydrogens (tertiary/aromatic N) is 3. The van der Waals surface area contributed by atoms with Gasteiger partial charge in [0.15, 0.2) is 4.90 Å². The maximum absolute atomic E-state index is 12.5. The number of aromatic nitrogens is 2. The predicted molar refractivity (Wildman–Crippen MR) is 73.3 cm³/mol. The minimum Gasteiger partial charge on any atom is -0.355 e. The molecule has 0 aromatic carbocycles. The Morgan fingerprint density at radius 3 is 2.52 bits per heavy atom. The molecule has 1 N–H and O–H groups in total. The van der Waals surface area contributed by atoms with Crippen LogP contribution in [-0.4, -0.2) is 47.4 Å². The van der Waals surface area contributed by atoms with Crippen molar-refractivity contribution in [3.8, 4) is 0 Å². The van der Waals surface area contributed by atoms with Crippen molar-refractivity contribution in [2.24, 2.45) is 14.1 Å². The van der Waals surface area contributed by atoms with Gasteiger partial charge in [-0.2, -0.15) is 4.31 Å². The highest BCUT2D eigenvalue weighted by Gasteiger charge is 2.31. The quantitative estimate of drug-likeness (QED) is 0.654. The summed E-state index contributed by atoms with van der Waals surface area (Å²) in [6.45, 7) is 0.178. The molecule has 1 saturated heterocycles. The van der Waals surface area contributed by atoms with Crippen molar-refractivity contribution in [1.82, 2.24) is 18.8 Å². The highest BCUT2D eigenvalue weighted by atomic mass is 32.2. The minimum atomic E-state index is -4.13. The Labute approximate surface area is 120 Å². The molecular formula is C11H16N4O5S. The van der Waals surface area contributed by atoms with Gasteiger partial charge in [-0.15, -0.1) is 0 Å². The number of hydrogen-bond acceptors (Lipinski definition) is 5. The molecule has 0 unspecified atom stereocenters. The molecule has 9 nitrogen and oxygen atoms in total. The molecule has 21 heavy (non-hydrogen) atoms. The van der Waals surface area contributed by atoms with E-state index in [-0.39, 0.29) is 13.1 Å². The highest BCUT2D eigenvalue weighted by Crippen LogP contribution is 2.12. The van der Waals surface area contributed by atoms with Crippen LogP contribution in [-0.2, 0) is 28.9 Å². The highest BCUT2D eigenvalue weighted by molar-refractivity contribution is 7.89. The number of sulfonamides is 1. The summed E-state index contributed by atoms with van der Waals surface area (Å²) in [7, 11) is -1.57. The average Bonchev–Trinajstić information content (AvgIpc) is 2.65. The largest absolute Gasteiger partial charge is 0.355 e. The van der Waals surface area contributed by atoms with Crippen LogP contribution in [0, 0.1) is 0 Å². The third-order valence-corrected chi connectivity index (χ3v) is 5.09. The van der Waals surface area contributed by atoms with Gasteiger partial charge in [-0.3, -0.25) is 14.2 Å². The van der Waals surface area contributed by atoms with E-state index in [1.165, 1.54) is 14.1 Å². The Morgan fingerprint density at radius 1 is 1.19 bits per heavy atom. The molecule has 1 fully saturated rings. The standard InChI is InChI=1S/C11H16N4O5S/c1-13-6-8(10(17)14(2)11(13)18)21(19,20)15-5-3-4-12-9(16)7-15/h6H,3-5,7H2,1-2H3,(H,12,16). The summed E-state index contributed by atoms with van der Waals surface area (Å²) >= 11 is 0. The maximum atomic E-state index is 12.5. The van der Waals surface area contributed by atoms with E-state index in [2.05, 4.69) is 5.32 Å². The van der Waals surface area contributed by atoms with Gasteiger partial charge in [0, 0.05) is 33.4 Å². The monoisotopic (exact) mass is 316 g/mol. The molecule has 2 rings (SSSR count). The molecule has 0 radical (unpaired) electrons. The lowest BCUT2D eigenvalue weighted by atomic mass is 10.4. The fourth-order valence-corrected chi connectivity index (χ4v) is 3.66. The third kappa shape index (κ3) is 2.76. The normalized spacial score (nSPS) is 17.3. The SMILES string of the molecule is Cn1cc(S(=O)(=O)N2CCCNC(=O)C2)c(=O)n(C)c1=O. The molecule has 2 heterocycles. The molecule has 1 aliphatic heterocycles. The molecule has 1 aromatic heterocycles. The zero-order valence-electron chi connectivity index (χ0n) is 11.7. The van der Waals surface area contributed by atoms with E-state index in [1.807, 2.05) is 0 Å². The molecule has 0 spiro atoms. The molecule has 0 atom stereocenters. The van der Waals surface area contributed by atoms with Gasteiger partial charge in [0.25, 0.3) is 15.6 Å². The first-order valence-electron chi connectivity index (χ1n) is 6.28. The summed E-state index contributed by atoms with van der Waals surface area (Å²) in [5.41, 5.74) is -1.52. The number of carbonyl (C=O) groups excluding carboxylic acids is 1. The van der Waals surface area contributed by atoms with Crippen LogP contribution in [0.3, 0.4) is 0 Å². The van der Waals surface area contributed by atoms with Crippen molar-refractivity contribution in [3.05, 3.63) is 27.0 Å². The summed E-state index contributed by atoms with van der Waals surface area (Å²) < 4.78 is 27.8. The Balaban J connectivity index is 2.57. The van der Waals surface area contributed by atoms with Gasteiger partial charge in [0.2, 0.25) is 5.91 Å². The lowest BCUT2D eigenvalue weighted by Crippen LogP contribution is -2.44. The van der Waals surface area contributed by atoms with Crippen molar-refractivity contribution in [3.63, 3.8) is 0 Å². The van der Waals surface area contributed by atoms with Crippen molar-refractivity contribution in [2.75, 3.05) is 19.6 Å². The first-order valence-corrected chi connectivity index (χ1v) is 7.72. The number of carbonyl (C=O) groups is 1. The molecule has 0 bridgehead atoms. The number of amides is 1. The number of hydrogen-bond donors (Lipinski definition) is 1. The Morgan fingerprint density at radius 2 is 1.86 bits per heavy atom. The van der Waals surface area contributed by atoms with E-state index >= 15 is 0 Å². The summed E-state index contributed by atoms with van der Waals surface area (Å²) in [6.07, 6.45) is 1.44. The van der Waals surface area contributed by atoms with Crippen LogP contribution in [0.5, 0.6) is 0 Å². The predicted octanol–water partition coefficient (Wildman–Crippen LogP) is -2.41. The summed E-state index contributed by atoms with van der Waals surface area (Å²) in [5.74, 6) is -0.419. The number of nitrogens with one attached hydrogen (secondary N) is 1. The smallest absolute Gasteiger partial charge is 0.330 e. The molecular weight excluding hydrogens is 300 g/mol. The number of rotatable bonds is 2. The van der Waals surface area contributed by atoms with Gasteiger partial charge < -0.3 is 9.88 Å². The van der Waals surface area contributed by atoms with E-state index in [0.29, 0.717) is 13.0 Å². The lowest BCUT2D eigenvalue weighted by Gasteiger charge is -2.18. The Bertz CT molecular complexity index is 792. The van der Waals surface area contributed by atoms with Crippen LogP contribution in [0.4, 0.5) is 0 Å². The van der Waals surface area contributed by atoms with Gasteiger partial charge >= 0.3 is 5.69 Å². The Hall–Kier alpha value is -1.94. The summed E-state index contributed by atoms with van der Waals surface area (Å²) in [6, 6.07) is 0. The molecule has 1 amide bonds. The second-order valence-electron chi connectivity index (χ2n) is 4.79. The zero-order chi connectivity index (χ0) is 15.8. The summed E-state index contributed by atoms with van der Waals surface area (Å²) in [4.78, 5) is 34.6. The van der Waals surface area contributed by atoms with Crippen molar-refractivity contribution in [2.45, 2.75) is 11.3 Å². The van der Waals surface area contributed by atoms with Crippen LogP contribution >= 0.6 is 0 Å². The van der Waals surface area contributed by atoms with E-state index < -0.39 is 32.1 Å². The fraction of sp³-hybridized carbons (Fsp3) is 0.545. The van der Waals surface area contributed by atoms with Crippen LogP contribution in [0.2, 0.25) is 0 Å². The second-order valence-corrected chi connectivity index (χ2v) is 6.70. The minimum absolute atomic E-state index is 0.132. The van der Waals surface area contributed by atoms with Gasteiger partial charge in [-0.25, -0.2) is 13.2 Å². The van der Waals surface area contributed by atoms with E-state index in [9.17, 15) is 22.8 Å². The van der Waals surface area contributed by atoms with E-state index in [0.717, 1.165) is 19.6 Å². The van der Waals surface area contributed by atoms with Crippen molar-refractivity contribution < 1.29 is 13.2 Å². The fourth-order valence-electron chi connectivity index (χ4n) is 2.07. The van der Waals surface area contributed by atoms with Gasteiger partial charge in [0.1, 0.15) is 0 Å². The van der Waals surface area contributed by atoms with Crippen LogP contribution in [0.1, 0.15) is 6.42 Å². The second kappa shape index (κ2) is 5.45. The van der Waals surface area contributed by atoms with Crippen LogP contribution in [0.25, 0.3) is 0 Å². The maximum Gasteiger partial charge on any atom is 0.330 e. The topological polar surface area (TPSA) is 110 Å². The number of aryl methyl sites for hydroxylation is 1. The summed E-state index contributed by atoms with van der Waals surface area (Å²) in [5, 5.41) is 2.56. The molecule has 116 valence electrons. The molecule has 1 aliphatic rings. The van der Waals surface area contributed by atoms with Crippen LogP contribution in [0.15, 0.2) is 20.7 Å². The lowest BCUT2D eigenvalue weighted by molar-refractivity contribution is -0.120. The first kappa shape index (κ1) is 15.4. The molecule has 0 aliphatic carbocycles. The van der Waals surface area contributed by atoms with Crippen LogP contribution < -0.4 is 16.6 Å². The van der Waals surface area contributed by atoms with Crippen molar-refractivity contribution in [1.29, 1.82) is 0 Å². The van der Waals surface area contributed by atoms with E-state index in [4.69, 9.17) is 0 Å². The van der Waals surface area contributed by atoms with E-state index in [1.54, 1.807) is 0 Å². The van der Waals surface area contributed by atoms with Gasteiger partial charge in [0.05, 0.1) is 6.54 Å². The third-order valence-electron chi connectivity index (χ3n) is 3.26. The molecule has 10 heteroatoms. The molecule has 1 aromatic rings. The van der Waals surface area contributed by atoms with Gasteiger partial charge in [-0.1, -0.05) is 0 Å². The first-order chi connectivity index (χ1) is 9.75. The van der Waals surface area contributed by atoms with Crippen molar-refractivity contribution >= 4 is 15.9 Å². The Kier molecular flexibility index (Phi) is 4.01. The average molecular weight is 316 g/mol. The zero-order valence-corrected chi connectivity index (χ0v) is 12.5. The van der Waals surface area contributed by atoms with Gasteiger partial charge in [-0.05, 0) is 6.42 Å². The molecule has 0 saturated carbocycles.